The van der Waals surface area contributed by atoms with Gasteiger partial charge in [-0.05, 0) is 13.0 Å². The third kappa shape index (κ3) is 6.11. The van der Waals surface area contributed by atoms with Gasteiger partial charge in [-0.15, -0.1) is 0 Å². The first kappa shape index (κ1) is 11.7. The predicted octanol–water partition coefficient (Wildman–Crippen LogP) is 1.32. The molecule has 0 saturated carbocycles. The minimum atomic E-state index is 0.102. The molecule has 0 bridgehead atoms. The fraction of sp³-hybridized carbons (Fsp3) is 0.909. The number of Topliss-reactive ketones (excluding diaryl/α,β-unsaturated/α-hetero) is 1. The van der Waals surface area contributed by atoms with Crippen LogP contribution in [0.4, 0.5) is 0 Å². The molecular formula is C11H24N2O. The van der Waals surface area contributed by atoms with Crippen molar-refractivity contribution in [1.82, 2.24) is 5.32 Å². The Kier molecular flexibility index (Phi) is 5.80. The fourth-order valence-corrected chi connectivity index (χ4v) is 1.37. The number of nitrogens with one attached hydrogen (secondary N) is 1. The van der Waals surface area contributed by atoms with Crippen LogP contribution < -0.4 is 11.0 Å². The van der Waals surface area contributed by atoms with E-state index in [4.69, 9.17) is 1.41 Å². The average molecular weight is 201 g/mol. The number of ketones is 1. The van der Waals surface area contributed by atoms with Gasteiger partial charge in [0.15, 0.2) is 0 Å². The standard InChI is InChI=1S/C11H24N2O/c1-8(2)11(14)7-10(5-6-12)13-9(3)4/h8-10,13H,5-7,12H2,1-4H3/t10-/m1/s1/i/hD. The second kappa shape index (κ2) is 6.96. The quantitative estimate of drug-likeness (QED) is 0.622. The van der Waals surface area contributed by atoms with Gasteiger partial charge in [0.25, 0.3) is 0 Å². The van der Waals surface area contributed by atoms with Gasteiger partial charge in [0.05, 0.1) is 0 Å². The van der Waals surface area contributed by atoms with Gasteiger partial charge in [-0.3, -0.25) is 4.79 Å². The largest absolute Gasteiger partial charge is 0.330 e. The highest BCUT2D eigenvalue weighted by molar-refractivity contribution is 5.80. The summed E-state index contributed by atoms with van der Waals surface area (Å²) >= 11 is 0. The summed E-state index contributed by atoms with van der Waals surface area (Å²) in [7, 11) is 0. The Morgan fingerprint density at radius 3 is 2.50 bits per heavy atom. The van der Waals surface area contributed by atoms with Crippen molar-refractivity contribution in [3.8, 4) is 0 Å². The van der Waals surface area contributed by atoms with Crippen LogP contribution in [-0.2, 0) is 4.79 Å². The van der Waals surface area contributed by atoms with Gasteiger partial charge in [-0.25, -0.2) is 0 Å². The molecule has 0 rings (SSSR count). The van der Waals surface area contributed by atoms with E-state index in [9.17, 15) is 4.79 Å². The molecule has 0 amide bonds. The fourth-order valence-electron chi connectivity index (χ4n) is 1.37. The molecule has 0 spiro atoms. The van der Waals surface area contributed by atoms with Gasteiger partial charge in [0.1, 0.15) is 7.20 Å². The molecule has 0 saturated heterocycles. The zero-order valence-corrected chi connectivity index (χ0v) is 9.76. The summed E-state index contributed by atoms with van der Waals surface area (Å²) in [5.41, 5.74) is 2.37. The maximum atomic E-state index is 11.6. The van der Waals surface area contributed by atoms with Gasteiger partial charge >= 0.3 is 0 Å². The Hall–Kier alpha value is -0.410. The number of nitrogens with two attached hydrogens (primary N) is 1. The van der Waals surface area contributed by atoms with E-state index in [1.807, 2.05) is 13.8 Å². The monoisotopic (exact) mass is 201 g/mol. The molecule has 3 heteroatoms. The molecule has 1 atom stereocenters. The zero-order valence-electron chi connectivity index (χ0n) is 10.8. The Balaban J connectivity index is 4.05. The number of carbonyl (C=O) groups excluding carboxylic acids is 1. The van der Waals surface area contributed by atoms with Crippen molar-refractivity contribution < 1.29 is 6.21 Å². The molecule has 0 aliphatic carbocycles. The summed E-state index contributed by atoms with van der Waals surface area (Å²) in [5, 5.41) is 3.36. The second-order valence-corrected chi connectivity index (χ2v) is 4.38. The SMILES string of the molecule is [2H]NCC[C@H](CC(=O)C(C)C)NC(C)C. The zero-order chi connectivity index (χ0) is 11.8. The molecule has 0 heterocycles. The molecule has 0 radical (unpaired) electrons. The van der Waals surface area contributed by atoms with Gasteiger partial charge in [-0.2, -0.15) is 0 Å². The molecule has 3 nitrogen and oxygen atoms in total. The van der Waals surface area contributed by atoms with Crippen LogP contribution in [-0.4, -0.2) is 24.4 Å². The van der Waals surface area contributed by atoms with E-state index in [1.54, 1.807) is 0 Å². The van der Waals surface area contributed by atoms with Crippen molar-refractivity contribution >= 4 is 5.78 Å². The van der Waals surface area contributed by atoms with Gasteiger partial charge < -0.3 is 11.0 Å². The maximum absolute atomic E-state index is 11.6. The van der Waals surface area contributed by atoms with Crippen LogP contribution >= 0.6 is 0 Å². The van der Waals surface area contributed by atoms with E-state index in [0.717, 1.165) is 6.42 Å². The van der Waals surface area contributed by atoms with E-state index in [1.165, 1.54) is 0 Å². The Labute approximate surface area is 88.9 Å². The van der Waals surface area contributed by atoms with Crippen LogP contribution in [0, 0.1) is 5.92 Å². The van der Waals surface area contributed by atoms with E-state index in [0.29, 0.717) is 19.0 Å². The minimum Gasteiger partial charge on any atom is -0.330 e. The van der Waals surface area contributed by atoms with Crippen molar-refractivity contribution in [2.75, 3.05) is 6.54 Å². The van der Waals surface area contributed by atoms with Crippen LogP contribution in [0.5, 0.6) is 0 Å². The van der Waals surface area contributed by atoms with Gasteiger partial charge in [-0.1, -0.05) is 27.7 Å². The Bertz CT molecular complexity index is 183. The van der Waals surface area contributed by atoms with E-state index >= 15 is 0 Å². The number of carbonyl (C=O) groups is 1. The minimum absolute atomic E-state index is 0.102. The summed E-state index contributed by atoms with van der Waals surface area (Å²) in [6.45, 7) is 8.62. The second-order valence-electron chi connectivity index (χ2n) is 4.38. The lowest BCUT2D eigenvalue weighted by atomic mass is 9.99. The lowest BCUT2D eigenvalue weighted by Gasteiger charge is -2.20. The molecule has 0 aromatic carbocycles. The van der Waals surface area contributed by atoms with Crippen molar-refractivity contribution in [3.63, 3.8) is 0 Å². The number of rotatable bonds is 8. The third-order valence-electron chi connectivity index (χ3n) is 2.15. The van der Waals surface area contributed by atoms with Crippen LogP contribution in [0.1, 0.15) is 40.5 Å². The van der Waals surface area contributed by atoms with Gasteiger partial charge in [0, 0.05) is 24.4 Å². The summed E-state index contributed by atoms with van der Waals surface area (Å²) in [4.78, 5) is 11.6. The Morgan fingerprint density at radius 1 is 1.43 bits per heavy atom. The molecule has 84 valence electrons. The first-order valence-corrected chi connectivity index (χ1v) is 5.40. The molecule has 0 aliphatic rings. The molecule has 14 heavy (non-hydrogen) atoms. The summed E-state index contributed by atoms with van der Waals surface area (Å²) in [5.74, 6) is 0.392. The lowest BCUT2D eigenvalue weighted by molar-refractivity contribution is -0.122. The molecule has 0 aromatic rings. The van der Waals surface area contributed by atoms with E-state index in [-0.39, 0.29) is 17.7 Å². The highest BCUT2D eigenvalue weighted by atomic mass is 16.1. The molecule has 0 aromatic heterocycles. The molecular weight excluding hydrogens is 176 g/mol. The first-order chi connectivity index (χ1) is 6.97. The highest BCUT2D eigenvalue weighted by Crippen LogP contribution is 2.06. The molecule has 0 fully saturated rings. The van der Waals surface area contributed by atoms with E-state index in [2.05, 4.69) is 24.9 Å². The maximum Gasteiger partial charge on any atom is 0.136 e. The van der Waals surface area contributed by atoms with Crippen LogP contribution in [0.2, 0.25) is 1.41 Å². The van der Waals surface area contributed by atoms with Crippen molar-refractivity contribution in [2.45, 2.75) is 52.6 Å². The van der Waals surface area contributed by atoms with Crippen LogP contribution in [0.3, 0.4) is 0 Å². The average Bonchev–Trinajstić information content (AvgIpc) is 2.13. The van der Waals surface area contributed by atoms with E-state index < -0.39 is 0 Å². The normalized spacial score (nSPS) is 14.6. The Morgan fingerprint density at radius 2 is 2.07 bits per heavy atom. The molecule has 0 aliphatic heterocycles. The van der Waals surface area contributed by atoms with Crippen LogP contribution in [0.15, 0.2) is 0 Å². The van der Waals surface area contributed by atoms with Crippen LogP contribution in [0.25, 0.3) is 0 Å². The first-order valence-electron chi connectivity index (χ1n) is 5.90. The summed E-state index contributed by atoms with van der Waals surface area (Å²) in [6, 6.07) is 0.568. The van der Waals surface area contributed by atoms with Crippen molar-refractivity contribution in [3.05, 3.63) is 0 Å². The van der Waals surface area contributed by atoms with Crippen molar-refractivity contribution in [2.24, 2.45) is 11.6 Å². The topological polar surface area (TPSA) is 55.1 Å². The summed E-state index contributed by atoms with van der Waals surface area (Å²) in [6.07, 6.45) is 1.39. The third-order valence-corrected chi connectivity index (χ3v) is 2.15. The summed E-state index contributed by atoms with van der Waals surface area (Å²) < 4.78 is 6.88. The van der Waals surface area contributed by atoms with Gasteiger partial charge in [0.2, 0.25) is 0 Å². The lowest BCUT2D eigenvalue weighted by Crippen LogP contribution is -2.38. The van der Waals surface area contributed by atoms with Crippen molar-refractivity contribution in [1.29, 1.82) is 0 Å². The molecule has 3 N–H and O–H groups in total. The molecule has 0 unspecified atom stereocenters. The highest BCUT2D eigenvalue weighted by Gasteiger charge is 2.15. The smallest absolute Gasteiger partial charge is 0.136 e. The number of hydrogen-bond acceptors (Lipinski definition) is 3. The predicted molar refractivity (Wildman–Crippen MR) is 60.2 cm³/mol. The number of hydrogen-bond donors (Lipinski definition) is 2.